The van der Waals surface area contributed by atoms with Crippen LogP contribution in [0.1, 0.15) is 23.6 Å². The topological polar surface area (TPSA) is 113 Å². The number of aliphatic hydroxyl groups excluding tert-OH is 1. The van der Waals surface area contributed by atoms with E-state index in [1.54, 1.807) is 25.5 Å². The summed E-state index contributed by atoms with van der Waals surface area (Å²) >= 11 is 1.34. The number of methoxy groups -OCH3 is 1. The summed E-state index contributed by atoms with van der Waals surface area (Å²) in [6.07, 6.45) is 3.92. The molecule has 0 fully saturated rings. The maximum absolute atomic E-state index is 12.0. The summed E-state index contributed by atoms with van der Waals surface area (Å²) in [7, 11) is -1.44. The van der Waals surface area contributed by atoms with Crippen LogP contribution in [0.25, 0.3) is 10.2 Å². The average molecular weight is 519 g/mol. The molecule has 2 N–H and O–H groups in total. The zero-order valence-corrected chi connectivity index (χ0v) is 21.3. The first-order chi connectivity index (χ1) is 16.7. The first-order valence-electron chi connectivity index (χ1n) is 11.0. The van der Waals surface area contributed by atoms with Crippen molar-refractivity contribution < 1.29 is 31.6 Å². The van der Waals surface area contributed by atoms with Crippen molar-refractivity contribution in [1.82, 2.24) is 0 Å². The van der Waals surface area contributed by atoms with Crippen molar-refractivity contribution >= 4 is 43.9 Å². The van der Waals surface area contributed by atoms with Crippen LogP contribution in [0.3, 0.4) is 0 Å². The highest BCUT2D eigenvalue weighted by atomic mass is 32.3. The molecule has 0 amide bonds. The Morgan fingerprint density at radius 2 is 1.97 bits per heavy atom. The van der Waals surface area contributed by atoms with Crippen LogP contribution in [0.2, 0.25) is 0 Å². The molecule has 4 rings (SSSR count). The fourth-order valence-corrected chi connectivity index (χ4v) is 6.16. The van der Waals surface area contributed by atoms with Gasteiger partial charge in [-0.2, -0.15) is 13.0 Å². The normalized spacial score (nSPS) is 18.3. The number of aliphatic imine (C=N–C) groups is 1. The molecule has 0 radical (unpaired) electrons. The van der Waals surface area contributed by atoms with Crippen LogP contribution < -0.4 is 14.2 Å². The second-order valence-corrected chi connectivity index (χ2v) is 10.2. The first kappa shape index (κ1) is 25.3. The minimum absolute atomic E-state index is 0.0318. The zero-order chi connectivity index (χ0) is 25.2. The summed E-state index contributed by atoms with van der Waals surface area (Å²) < 4.78 is 47.2. The molecule has 1 aliphatic heterocycles. The first-order valence-corrected chi connectivity index (χ1v) is 13.2. The molecule has 1 aromatic heterocycles. The van der Waals surface area contributed by atoms with Gasteiger partial charge in [-0.05, 0) is 42.8 Å². The van der Waals surface area contributed by atoms with Crippen molar-refractivity contribution in [2.24, 2.45) is 12.0 Å². The number of likely N-dealkylation sites (N-methyl/N-ethyl adjacent to an activating group) is 1. The lowest BCUT2D eigenvalue weighted by Crippen LogP contribution is -2.41. The SMILES string of the molecule is CCN(CCO)c1ccc(C2(C(OS(=O)(=O)O)c3sc4cc(OC)ccc4[n+]3C)C=CC=N2)cc1. The van der Waals surface area contributed by atoms with Crippen molar-refractivity contribution in [2.75, 3.05) is 31.7 Å². The Bertz CT molecular complexity index is 1350. The number of ether oxygens (including phenoxy) is 1. The third-order valence-electron chi connectivity index (χ3n) is 6.09. The molecule has 0 aliphatic carbocycles. The van der Waals surface area contributed by atoms with E-state index in [0.717, 1.165) is 22.4 Å². The number of rotatable bonds is 10. The van der Waals surface area contributed by atoms with E-state index in [2.05, 4.69) is 4.99 Å². The summed E-state index contributed by atoms with van der Waals surface area (Å²) in [5.74, 6) is 0.672. The molecule has 0 saturated heterocycles. The minimum atomic E-state index is -4.83. The number of benzene rings is 2. The lowest BCUT2D eigenvalue weighted by Gasteiger charge is -2.31. The smallest absolute Gasteiger partial charge is 0.398 e. The highest BCUT2D eigenvalue weighted by Gasteiger charge is 2.49. The van der Waals surface area contributed by atoms with Crippen molar-refractivity contribution in [3.8, 4) is 5.75 Å². The molecule has 2 heterocycles. The molecular formula is C24H28N3O6S2+. The highest BCUT2D eigenvalue weighted by molar-refractivity contribution is 7.80. The molecule has 3 aromatic rings. The van der Waals surface area contributed by atoms with Crippen LogP contribution in [0.15, 0.2) is 59.6 Å². The number of nitrogens with zero attached hydrogens (tertiary/aromatic N) is 3. The molecule has 0 spiro atoms. The Hall–Kier alpha value is -2.83. The molecule has 2 atom stereocenters. The monoisotopic (exact) mass is 518 g/mol. The molecule has 1 aliphatic rings. The van der Waals surface area contributed by atoms with Crippen LogP contribution in [0, 0.1) is 0 Å². The van der Waals surface area contributed by atoms with Gasteiger partial charge in [0, 0.05) is 37.1 Å². The molecular weight excluding hydrogens is 490 g/mol. The van der Waals surface area contributed by atoms with E-state index in [1.807, 2.05) is 65.9 Å². The van der Waals surface area contributed by atoms with E-state index in [9.17, 15) is 18.1 Å². The number of anilines is 1. The Labute approximate surface area is 208 Å². The van der Waals surface area contributed by atoms with Gasteiger partial charge in [0.05, 0.1) is 13.7 Å². The predicted molar refractivity (Wildman–Crippen MR) is 136 cm³/mol. The van der Waals surface area contributed by atoms with Gasteiger partial charge in [-0.3, -0.25) is 9.55 Å². The van der Waals surface area contributed by atoms with Crippen LogP contribution >= 0.6 is 11.3 Å². The number of aliphatic hydroxyl groups is 1. The Morgan fingerprint density at radius 1 is 1.23 bits per heavy atom. The maximum Gasteiger partial charge on any atom is 0.398 e. The Balaban J connectivity index is 1.86. The van der Waals surface area contributed by atoms with E-state index in [0.29, 0.717) is 22.9 Å². The van der Waals surface area contributed by atoms with Gasteiger partial charge in [-0.15, -0.1) is 0 Å². The molecule has 186 valence electrons. The van der Waals surface area contributed by atoms with E-state index >= 15 is 0 Å². The van der Waals surface area contributed by atoms with Crippen molar-refractivity contribution in [3.63, 3.8) is 0 Å². The lowest BCUT2D eigenvalue weighted by molar-refractivity contribution is -0.652. The number of fused-ring (bicyclic) bond motifs is 1. The Kier molecular flexibility index (Phi) is 7.25. The number of allylic oxidation sites excluding steroid dienone is 1. The van der Waals surface area contributed by atoms with Crippen LogP contribution in [-0.2, 0) is 27.2 Å². The van der Waals surface area contributed by atoms with Crippen LogP contribution in [0.4, 0.5) is 5.69 Å². The Morgan fingerprint density at radius 3 is 2.54 bits per heavy atom. The van der Waals surface area contributed by atoms with Crippen molar-refractivity contribution in [2.45, 2.75) is 18.6 Å². The number of thiazole rings is 1. The largest absolute Gasteiger partial charge is 0.497 e. The fourth-order valence-electron chi connectivity index (χ4n) is 4.34. The van der Waals surface area contributed by atoms with E-state index < -0.39 is 22.0 Å². The summed E-state index contributed by atoms with van der Waals surface area (Å²) in [6, 6.07) is 13.1. The summed E-state index contributed by atoms with van der Waals surface area (Å²) in [5, 5.41) is 9.90. The third kappa shape index (κ3) is 4.95. The van der Waals surface area contributed by atoms with Crippen LogP contribution in [-0.4, -0.2) is 51.1 Å². The molecule has 2 unspecified atom stereocenters. The number of aromatic nitrogens is 1. The third-order valence-corrected chi connectivity index (χ3v) is 7.77. The van der Waals surface area contributed by atoms with E-state index in [1.165, 1.54) is 11.3 Å². The minimum Gasteiger partial charge on any atom is -0.497 e. The summed E-state index contributed by atoms with van der Waals surface area (Å²) in [5.41, 5.74) is 1.23. The second-order valence-electron chi connectivity index (χ2n) is 8.05. The summed E-state index contributed by atoms with van der Waals surface area (Å²) in [6.45, 7) is 3.25. The van der Waals surface area contributed by atoms with Crippen LogP contribution in [0.5, 0.6) is 5.75 Å². The fraction of sp³-hybridized carbons (Fsp3) is 0.333. The van der Waals surface area contributed by atoms with Gasteiger partial charge in [0.1, 0.15) is 23.0 Å². The van der Waals surface area contributed by atoms with Gasteiger partial charge in [-0.25, -0.2) is 4.18 Å². The van der Waals surface area contributed by atoms with Gasteiger partial charge in [0.2, 0.25) is 11.6 Å². The van der Waals surface area contributed by atoms with E-state index in [4.69, 9.17) is 8.92 Å². The van der Waals surface area contributed by atoms with Gasteiger partial charge in [-0.1, -0.05) is 23.5 Å². The summed E-state index contributed by atoms with van der Waals surface area (Å²) in [4.78, 5) is 6.68. The maximum atomic E-state index is 12.0. The van der Waals surface area contributed by atoms with Gasteiger partial charge < -0.3 is 14.7 Å². The highest BCUT2D eigenvalue weighted by Crippen LogP contribution is 2.46. The van der Waals surface area contributed by atoms with Gasteiger partial charge >= 0.3 is 10.4 Å². The lowest BCUT2D eigenvalue weighted by atomic mass is 9.85. The molecule has 0 bridgehead atoms. The van der Waals surface area contributed by atoms with Gasteiger partial charge in [0.15, 0.2) is 0 Å². The molecule has 9 nitrogen and oxygen atoms in total. The van der Waals surface area contributed by atoms with Crippen molar-refractivity contribution in [3.05, 3.63) is 65.2 Å². The average Bonchev–Trinajstić information content (AvgIpc) is 3.46. The predicted octanol–water partition coefficient (Wildman–Crippen LogP) is 2.95. The second kappa shape index (κ2) is 10.0. The standard InChI is InChI=1S/C24H27N3O6S2/c1-4-27(14-15-28)18-8-6-17(7-9-18)24(12-5-13-25-24)22(33-35(29,30)31)23-26(2)20-11-10-19(32-3)16-21(20)34-23/h5-13,16,22,28H,4,14-15H2,1-3H3/p+1. The molecule has 35 heavy (non-hydrogen) atoms. The zero-order valence-electron chi connectivity index (χ0n) is 19.7. The number of aryl methyl sites for hydroxylation is 1. The number of hydrogen-bond acceptors (Lipinski definition) is 8. The molecule has 11 heteroatoms. The molecule has 2 aromatic carbocycles. The molecule has 0 saturated carbocycles. The quantitative estimate of drug-likeness (QED) is 0.313. The van der Waals surface area contributed by atoms with E-state index in [-0.39, 0.29) is 6.61 Å². The van der Waals surface area contributed by atoms with Gasteiger partial charge in [0.25, 0.3) is 5.01 Å². The van der Waals surface area contributed by atoms with Crippen molar-refractivity contribution in [1.29, 1.82) is 0 Å². The number of hydrogen-bond donors (Lipinski definition) is 2.